The van der Waals surface area contributed by atoms with Crippen LogP contribution in [-0.4, -0.2) is 35.8 Å². The van der Waals surface area contributed by atoms with Crippen molar-refractivity contribution in [2.45, 2.75) is 70.3 Å². The van der Waals surface area contributed by atoms with Crippen LogP contribution in [0.3, 0.4) is 0 Å². The van der Waals surface area contributed by atoms with E-state index in [4.69, 9.17) is 0 Å². The molecule has 0 radical (unpaired) electrons. The van der Waals surface area contributed by atoms with Gasteiger partial charge in [0.25, 0.3) is 5.91 Å². The van der Waals surface area contributed by atoms with Crippen molar-refractivity contribution in [2.75, 3.05) is 13.1 Å². The van der Waals surface area contributed by atoms with Gasteiger partial charge in [0.2, 0.25) is 5.91 Å². The lowest BCUT2D eigenvalue weighted by Crippen LogP contribution is -2.39. The number of piperidine rings is 1. The number of rotatable bonds is 3. The lowest BCUT2D eigenvalue weighted by molar-refractivity contribution is -0.126. The molecule has 0 spiro atoms. The summed E-state index contributed by atoms with van der Waals surface area (Å²) in [5.74, 6) is 0.513. The zero-order chi connectivity index (χ0) is 17.2. The lowest BCUT2D eigenvalue weighted by Gasteiger charge is -2.26. The van der Waals surface area contributed by atoms with Crippen LogP contribution in [0.5, 0.6) is 0 Å². The molecule has 1 saturated carbocycles. The van der Waals surface area contributed by atoms with Gasteiger partial charge in [-0.15, -0.1) is 11.3 Å². The monoisotopic (exact) mass is 360 g/mol. The lowest BCUT2D eigenvalue weighted by atomic mass is 9.87. The van der Waals surface area contributed by atoms with E-state index in [0.717, 1.165) is 62.9 Å². The van der Waals surface area contributed by atoms with Crippen molar-refractivity contribution >= 4 is 23.2 Å². The van der Waals surface area contributed by atoms with E-state index in [1.165, 1.54) is 29.7 Å². The highest BCUT2D eigenvalue weighted by Gasteiger charge is 2.30. The van der Waals surface area contributed by atoms with Crippen LogP contribution in [0, 0.1) is 5.92 Å². The molecule has 3 aliphatic rings. The van der Waals surface area contributed by atoms with Crippen molar-refractivity contribution in [3.05, 3.63) is 21.4 Å². The number of carbonyl (C=O) groups excluding carboxylic acids is 2. The van der Waals surface area contributed by atoms with Crippen LogP contribution in [0.15, 0.2) is 6.07 Å². The van der Waals surface area contributed by atoms with Crippen LogP contribution in [0.25, 0.3) is 0 Å². The average Bonchev–Trinajstić information content (AvgIpc) is 3.30. The van der Waals surface area contributed by atoms with Crippen LogP contribution in [0.4, 0.5) is 0 Å². The molecular formula is C20H28N2O2S. The Hall–Kier alpha value is -1.36. The Bertz CT molecular complexity index is 642. The molecule has 4 rings (SSSR count). The van der Waals surface area contributed by atoms with Crippen LogP contribution in [0.2, 0.25) is 0 Å². The van der Waals surface area contributed by atoms with Gasteiger partial charge in [-0.2, -0.15) is 0 Å². The van der Waals surface area contributed by atoms with Gasteiger partial charge in [0.1, 0.15) is 0 Å². The number of fused-ring (bicyclic) bond motifs is 1. The zero-order valence-electron chi connectivity index (χ0n) is 14.9. The summed E-state index contributed by atoms with van der Waals surface area (Å²) in [6.07, 6.45) is 10.9. The van der Waals surface area contributed by atoms with E-state index in [9.17, 15) is 9.59 Å². The molecule has 1 atom stereocenters. The van der Waals surface area contributed by atoms with Gasteiger partial charge in [-0.1, -0.05) is 12.8 Å². The second-order valence-corrected chi connectivity index (χ2v) is 8.98. The Labute approximate surface area is 154 Å². The predicted molar refractivity (Wildman–Crippen MR) is 100.0 cm³/mol. The standard InChI is InChI=1S/C20H28N2O2S/c23-19(21-16-6-2-3-7-16)14-8-9-17-15(12-14)13-18(25-17)20(24)22-10-4-1-5-11-22/h13-14,16H,1-12H2,(H,21,23)/t14-/m1/s1. The molecule has 1 aliphatic heterocycles. The van der Waals surface area contributed by atoms with E-state index in [2.05, 4.69) is 11.4 Å². The van der Waals surface area contributed by atoms with Crippen LogP contribution in [-0.2, 0) is 17.6 Å². The number of amides is 2. The van der Waals surface area contributed by atoms with Crippen LogP contribution < -0.4 is 5.32 Å². The first-order chi connectivity index (χ1) is 12.2. The first-order valence-electron chi connectivity index (χ1n) is 9.92. The number of aryl methyl sites for hydroxylation is 1. The molecule has 5 heteroatoms. The quantitative estimate of drug-likeness (QED) is 0.896. The van der Waals surface area contributed by atoms with E-state index in [1.807, 2.05) is 4.90 Å². The fraction of sp³-hybridized carbons (Fsp3) is 0.700. The number of nitrogens with one attached hydrogen (secondary N) is 1. The maximum atomic E-state index is 12.7. The topological polar surface area (TPSA) is 49.4 Å². The molecule has 1 saturated heterocycles. The molecule has 2 fully saturated rings. The summed E-state index contributed by atoms with van der Waals surface area (Å²) in [7, 11) is 0. The van der Waals surface area contributed by atoms with Crippen molar-refractivity contribution in [1.29, 1.82) is 0 Å². The van der Waals surface area contributed by atoms with Gasteiger partial charge in [0.15, 0.2) is 0 Å². The maximum absolute atomic E-state index is 12.7. The second-order valence-electron chi connectivity index (χ2n) is 7.84. The molecule has 2 amide bonds. The number of likely N-dealkylation sites (tertiary alicyclic amines) is 1. The molecule has 1 aromatic rings. The largest absolute Gasteiger partial charge is 0.353 e. The average molecular weight is 361 g/mol. The van der Waals surface area contributed by atoms with Crippen molar-refractivity contribution in [1.82, 2.24) is 10.2 Å². The van der Waals surface area contributed by atoms with Crippen LogP contribution in [0.1, 0.15) is 71.5 Å². The predicted octanol–water partition coefficient (Wildman–Crippen LogP) is 3.54. The van der Waals surface area contributed by atoms with Gasteiger partial charge in [-0.25, -0.2) is 0 Å². The van der Waals surface area contributed by atoms with E-state index < -0.39 is 0 Å². The molecule has 0 unspecified atom stereocenters. The molecule has 136 valence electrons. The highest BCUT2D eigenvalue weighted by molar-refractivity contribution is 7.14. The molecule has 2 heterocycles. The van der Waals surface area contributed by atoms with E-state index in [1.54, 1.807) is 11.3 Å². The minimum Gasteiger partial charge on any atom is -0.353 e. The summed E-state index contributed by atoms with van der Waals surface area (Å²) in [5.41, 5.74) is 1.24. The molecule has 1 aromatic heterocycles. The Morgan fingerprint density at radius 3 is 2.56 bits per heavy atom. The summed E-state index contributed by atoms with van der Waals surface area (Å²) in [5, 5.41) is 3.25. The number of carbonyl (C=O) groups is 2. The third-order valence-corrected chi connectivity index (χ3v) is 7.23. The normalized spacial score (nSPS) is 24.2. The van der Waals surface area contributed by atoms with E-state index in [-0.39, 0.29) is 17.7 Å². The smallest absolute Gasteiger partial charge is 0.263 e. The van der Waals surface area contributed by atoms with Gasteiger partial charge in [-0.3, -0.25) is 9.59 Å². The number of nitrogens with zero attached hydrogens (tertiary/aromatic N) is 1. The van der Waals surface area contributed by atoms with Crippen LogP contribution >= 0.6 is 11.3 Å². The molecule has 0 aromatic carbocycles. The molecule has 1 N–H and O–H groups in total. The van der Waals surface area contributed by atoms with Gasteiger partial charge in [-0.05, 0) is 63.0 Å². The Balaban J connectivity index is 1.40. The summed E-state index contributed by atoms with van der Waals surface area (Å²) < 4.78 is 0. The number of hydrogen-bond donors (Lipinski definition) is 1. The summed E-state index contributed by atoms with van der Waals surface area (Å²) in [6, 6.07) is 2.47. The molecular weight excluding hydrogens is 332 g/mol. The fourth-order valence-corrected chi connectivity index (χ4v) is 5.67. The van der Waals surface area contributed by atoms with E-state index >= 15 is 0 Å². The Morgan fingerprint density at radius 1 is 1.04 bits per heavy atom. The molecule has 25 heavy (non-hydrogen) atoms. The molecule has 0 bridgehead atoms. The van der Waals surface area contributed by atoms with E-state index in [0.29, 0.717) is 6.04 Å². The summed E-state index contributed by atoms with van der Waals surface area (Å²) in [6.45, 7) is 1.79. The summed E-state index contributed by atoms with van der Waals surface area (Å²) >= 11 is 1.66. The Morgan fingerprint density at radius 2 is 1.80 bits per heavy atom. The minimum atomic E-state index is 0.0839. The van der Waals surface area contributed by atoms with Crippen molar-refractivity contribution in [3.8, 4) is 0 Å². The summed E-state index contributed by atoms with van der Waals surface area (Å²) in [4.78, 5) is 29.5. The first-order valence-corrected chi connectivity index (χ1v) is 10.7. The second kappa shape index (κ2) is 7.48. The zero-order valence-corrected chi connectivity index (χ0v) is 15.7. The fourth-order valence-electron chi connectivity index (χ4n) is 4.49. The van der Waals surface area contributed by atoms with Gasteiger partial charge in [0.05, 0.1) is 4.88 Å². The van der Waals surface area contributed by atoms with Crippen molar-refractivity contribution in [3.63, 3.8) is 0 Å². The maximum Gasteiger partial charge on any atom is 0.263 e. The third-order valence-electron chi connectivity index (χ3n) is 6.01. The first kappa shape index (κ1) is 17.1. The highest BCUT2D eigenvalue weighted by Crippen LogP contribution is 2.33. The SMILES string of the molecule is O=C(NC1CCCC1)[C@@H]1CCc2sc(C(=O)N3CCCCC3)cc2C1. The number of hydrogen-bond acceptors (Lipinski definition) is 3. The molecule has 4 nitrogen and oxygen atoms in total. The number of thiophene rings is 1. The highest BCUT2D eigenvalue weighted by atomic mass is 32.1. The Kier molecular flexibility index (Phi) is 5.11. The minimum absolute atomic E-state index is 0.0839. The van der Waals surface area contributed by atoms with Gasteiger partial charge in [0, 0.05) is 29.9 Å². The van der Waals surface area contributed by atoms with Gasteiger partial charge < -0.3 is 10.2 Å². The van der Waals surface area contributed by atoms with Crippen molar-refractivity contribution in [2.24, 2.45) is 5.92 Å². The third kappa shape index (κ3) is 3.76. The van der Waals surface area contributed by atoms with Gasteiger partial charge >= 0.3 is 0 Å². The molecule has 2 aliphatic carbocycles. The van der Waals surface area contributed by atoms with Crippen molar-refractivity contribution < 1.29 is 9.59 Å².